The maximum absolute atomic E-state index is 13.5. The fourth-order valence-electron chi connectivity index (χ4n) is 5.63. The Morgan fingerprint density at radius 3 is 2.51 bits per heavy atom. The van der Waals surface area contributed by atoms with Gasteiger partial charge in [0.05, 0.1) is 6.61 Å². The zero-order chi connectivity index (χ0) is 33.0. The largest absolute Gasteiger partial charge is 0.611 e. The maximum Gasteiger partial charge on any atom is 0.251 e. The Morgan fingerprint density at radius 2 is 1.74 bits per heavy atom. The van der Waals surface area contributed by atoms with Crippen LogP contribution in [0, 0.1) is 0 Å². The van der Waals surface area contributed by atoms with E-state index in [1.807, 2.05) is 48.5 Å². The third-order valence-electron chi connectivity index (χ3n) is 8.37. The van der Waals surface area contributed by atoms with Crippen LogP contribution in [0.4, 0.5) is 11.4 Å². The number of nitrogens with zero attached hydrogens (tertiary/aromatic N) is 2. The van der Waals surface area contributed by atoms with E-state index in [0.29, 0.717) is 31.1 Å². The molecule has 0 saturated carbocycles. The molecule has 8 heteroatoms. The third-order valence-corrected chi connectivity index (χ3v) is 9.74. The summed E-state index contributed by atoms with van der Waals surface area (Å²) in [4.78, 5) is 20.7. The van der Waals surface area contributed by atoms with Crippen molar-refractivity contribution in [2.24, 2.45) is 0 Å². The Balaban J connectivity index is 1.26. The summed E-state index contributed by atoms with van der Waals surface area (Å²) in [5.41, 5.74) is 7.82. The highest BCUT2D eigenvalue weighted by molar-refractivity contribution is 7.90. The third kappa shape index (κ3) is 9.47. The molecule has 0 spiro atoms. The lowest BCUT2D eigenvalue weighted by molar-refractivity contribution is -0.112. The van der Waals surface area contributed by atoms with E-state index in [0.717, 1.165) is 88.6 Å². The number of benzene rings is 3. The van der Waals surface area contributed by atoms with Crippen molar-refractivity contribution in [1.82, 2.24) is 4.98 Å². The number of unbranched alkanes of at least 4 members (excludes halogenated alkanes) is 1. The van der Waals surface area contributed by atoms with E-state index in [-0.39, 0.29) is 5.91 Å². The zero-order valence-electron chi connectivity index (χ0n) is 27.7. The zero-order valence-corrected chi connectivity index (χ0v) is 28.5. The first-order valence-corrected chi connectivity index (χ1v) is 17.8. The molecule has 47 heavy (non-hydrogen) atoms. The summed E-state index contributed by atoms with van der Waals surface area (Å²) < 4.78 is 24.5. The summed E-state index contributed by atoms with van der Waals surface area (Å²) in [6.07, 6.45) is 10.2. The predicted octanol–water partition coefficient (Wildman–Crippen LogP) is 8.07. The molecule has 7 nitrogen and oxygen atoms in total. The predicted molar refractivity (Wildman–Crippen MR) is 192 cm³/mol. The van der Waals surface area contributed by atoms with E-state index >= 15 is 0 Å². The lowest BCUT2D eigenvalue weighted by Crippen LogP contribution is -2.23. The summed E-state index contributed by atoms with van der Waals surface area (Å²) in [5.74, 6) is 1.11. The van der Waals surface area contributed by atoms with Crippen molar-refractivity contribution in [3.05, 3.63) is 107 Å². The van der Waals surface area contributed by atoms with Gasteiger partial charge in [-0.1, -0.05) is 38.5 Å². The number of carbonyl (C=O) groups excluding carboxylic acids is 1. The Bertz CT molecular complexity index is 1640. The minimum atomic E-state index is -1.21. The lowest BCUT2D eigenvalue weighted by Gasteiger charge is -2.25. The van der Waals surface area contributed by atoms with E-state index in [4.69, 9.17) is 9.47 Å². The number of hydrogen-bond donors (Lipinski definition) is 1. The van der Waals surface area contributed by atoms with Crippen molar-refractivity contribution in [2.75, 3.05) is 43.6 Å². The summed E-state index contributed by atoms with van der Waals surface area (Å²) in [6, 6.07) is 23.8. The highest BCUT2D eigenvalue weighted by atomic mass is 32.2. The molecule has 2 heterocycles. The van der Waals surface area contributed by atoms with E-state index in [2.05, 4.69) is 66.4 Å². The number of carbonyl (C=O) groups is 1. The van der Waals surface area contributed by atoms with Gasteiger partial charge in [0.1, 0.15) is 18.1 Å². The van der Waals surface area contributed by atoms with Crippen LogP contribution < -0.4 is 15.0 Å². The minimum Gasteiger partial charge on any atom is -0.611 e. The second-order valence-electron chi connectivity index (χ2n) is 11.8. The van der Waals surface area contributed by atoms with Crippen molar-refractivity contribution in [1.29, 1.82) is 0 Å². The molecular formula is C39H45N3O4S. The molecule has 5 rings (SSSR count). The molecular weight excluding hydrogens is 607 g/mol. The molecule has 0 saturated heterocycles. The van der Waals surface area contributed by atoms with Gasteiger partial charge in [0.2, 0.25) is 0 Å². The number of pyridine rings is 1. The van der Waals surface area contributed by atoms with E-state index in [1.165, 1.54) is 0 Å². The fourth-order valence-corrected chi connectivity index (χ4v) is 6.78. The van der Waals surface area contributed by atoms with E-state index in [1.54, 1.807) is 12.4 Å². The molecule has 1 N–H and O–H groups in total. The van der Waals surface area contributed by atoms with Gasteiger partial charge in [-0.2, -0.15) is 0 Å². The average Bonchev–Trinajstić information content (AvgIpc) is 3.09. The molecule has 0 radical (unpaired) electrons. The number of anilines is 2. The van der Waals surface area contributed by atoms with Crippen LogP contribution in [-0.2, 0) is 32.9 Å². The molecule has 1 aliphatic rings. The monoisotopic (exact) mass is 651 g/mol. The van der Waals surface area contributed by atoms with Crippen molar-refractivity contribution in [2.45, 2.75) is 56.6 Å². The van der Waals surface area contributed by atoms with Crippen LogP contribution in [0.15, 0.2) is 95.7 Å². The van der Waals surface area contributed by atoms with Gasteiger partial charge in [-0.3, -0.25) is 9.78 Å². The highest BCUT2D eigenvalue weighted by Crippen LogP contribution is 2.32. The Hall–Kier alpha value is -4.11. The number of hydrogen-bond acceptors (Lipinski definition) is 6. The van der Waals surface area contributed by atoms with Crippen LogP contribution in [-0.4, -0.2) is 48.9 Å². The second kappa shape index (κ2) is 17.2. The van der Waals surface area contributed by atoms with Gasteiger partial charge < -0.3 is 24.2 Å². The summed E-state index contributed by atoms with van der Waals surface area (Å²) in [7, 11) is 2.10. The van der Waals surface area contributed by atoms with Gasteiger partial charge in [0.25, 0.3) is 5.91 Å². The number of nitrogens with one attached hydrogen (secondary N) is 1. The summed E-state index contributed by atoms with van der Waals surface area (Å²) in [5, 5.41) is 3.07. The van der Waals surface area contributed by atoms with Gasteiger partial charge >= 0.3 is 0 Å². The van der Waals surface area contributed by atoms with Crippen molar-refractivity contribution in [3.63, 3.8) is 0 Å². The van der Waals surface area contributed by atoms with Crippen LogP contribution in [0.25, 0.3) is 17.2 Å². The Kier molecular flexibility index (Phi) is 12.5. The van der Waals surface area contributed by atoms with Crippen LogP contribution in [0.2, 0.25) is 0 Å². The molecule has 1 amide bonds. The molecule has 0 fully saturated rings. The van der Waals surface area contributed by atoms with Gasteiger partial charge in [-0.15, -0.1) is 0 Å². The first kappa shape index (κ1) is 34.2. The fraction of sp³-hybridized carbons (Fsp3) is 0.333. The molecule has 3 aromatic carbocycles. The normalized spacial score (nSPS) is 14.7. The van der Waals surface area contributed by atoms with Crippen LogP contribution in [0.5, 0.6) is 5.75 Å². The number of amides is 1. The van der Waals surface area contributed by atoms with Gasteiger partial charge in [0.15, 0.2) is 4.90 Å². The molecule has 0 bridgehead atoms. The molecule has 4 aromatic rings. The first-order chi connectivity index (χ1) is 22.9. The lowest BCUT2D eigenvalue weighted by atomic mass is 9.96. The molecule has 1 aromatic heterocycles. The van der Waals surface area contributed by atoms with Gasteiger partial charge in [0, 0.05) is 55.1 Å². The molecule has 1 unspecified atom stereocenters. The Morgan fingerprint density at radius 1 is 0.957 bits per heavy atom. The topological polar surface area (TPSA) is 86.8 Å². The first-order valence-electron chi connectivity index (χ1n) is 16.5. The van der Waals surface area contributed by atoms with Gasteiger partial charge in [-0.05, 0) is 120 Å². The average molecular weight is 652 g/mol. The standard InChI is InChI=1S/C39H45N3O4S/c1-4-6-22-45-23-24-46-36-14-9-30(10-15-36)31-11-18-38-33(25-31)26-32(8-7-21-42(38)3)39(43)41-35-12-16-37(17-13-35)47(44)28-34-27-40-20-19-29(34)5-2/h9-20,25-27H,4-8,21-24,28H2,1-3H3,(H,41,43)/b32-26+. The summed E-state index contributed by atoms with van der Waals surface area (Å²) in [6.45, 7) is 6.97. The molecule has 246 valence electrons. The molecule has 1 atom stereocenters. The quantitative estimate of drug-likeness (QED) is 0.110. The number of rotatable bonds is 14. The van der Waals surface area contributed by atoms with E-state index in [9.17, 15) is 9.35 Å². The van der Waals surface area contributed by atoms with Crippen molar-refractivity contribution in [3.8, 4) is 16.9 Å². The van der Waals surface area contributed by atoms with Gasteiger partial charge in [-0.25, -0.2) is 0 Å². The smallest absolute Gasteiger partial charge is 0.251 e. The molecule has 0 aliphatic carbocycles. The number of fused-ring (bicyclic) bond motifs is 1. The Labute approximate surface area is 282 Å². The number of ether oxygens (including phenoxy) is 2. The molecule has 1 aliphatic heterocycles. The van der Waals surface area contributed by atoms with Crippen LogP contribution in [0.1, 0.15) is 56.2 Å². The van der Waals surface area contributed by atoms with Crippen LogP contribution in [0.3, 0.4) is 0 Å². The highest BCUT2D eigenvalue weighted by Gasteiger charge is 2.18. The van der Waals surface area contributed by atoms with Crippen molar-refractivity contribution < 1.29 is 18.8 Å². The maximum atomic E-state index is 13.5. The number of aromatic nitrogens is 1. The van der Waals surface area contributed by atoms with E-state index < -0.39 is 11.2 Å². The SMILES string of the molecule is CCCCOCCOc1ccc(-c2ccc3c(c2)/C=C(/C(=O)Nc2ccc([S+]([O-])Cc4cnccc4CC)cc2)CCCN3C)cc1. The summed E-state index contributed by atoms with van der Waals surface area (Å²) >= 11 is -1.21. The van der Waals surface area contributed by atoms with Crippen molar-refractivity contribution >= 4 is 34.5 Å². The minimum absolute atomic E-state index is 0.122. The van der Waals surface area contributed by atoms with Crippen LogP contribution >= 0.6 is 0 Å². The second-order valence-corrected chi connectivity index (χ2v) is 13.2. The number of aryl methyl sites for hydroxylation is 1.